The molecule has 0 spiro atoms. The van der Waals surface area contributed by atoms with Gasteiger partial charge >= 0.3 is 7.12 Å². The third kappa shape index (κ3) is 2.58. The molecule has 0 saturated carbocycles. The summed E-state index contributed by atoms with van der Waals surface area (Å²) in [6.45, 7) is 0. The Balaban J connectivity index is 2.86. The SMILES string of the molecule is OB(O)Cc1ccc(Br)cc1F. The van der Waals surface area contributed by atoms with Crippen LogP contribution < -0.4 is 0 Å². The Kier molecular flexibility index (Phi) is 3.25. The minimum absolute atomic E-state index is 0.0842. The van der Waals surface area contributed by atoms with Crippen LogP contribution in [0, 0.1) is 5.82 Å². The second-order valence-electron chi connectivity index (χ2n) is 2.42. The molecule has 0 aliphatic rings. The van der Waals surface area contributed by atoms with Crippen molar-refractivity contribution in [2.24, 2.45) is 0 Å². The van der Waals surface area contributed by atoms with Gasteiger partial charge in [0, 0.05) is 10.8 Å². The summed E-state index contributed by atoms with van der Waals surface area (Å²) in [5.41, 5.74) is 0.299. The molecule has 1 aromatic carbocycles. The molecule has 0 fully saturated rings. The normalized spacial score (nSPS) is 10.0. The maximum Gasteiger partial charge on any atom is 0.456 e. The van der Waals surface area contributed by atoms with E-state index in [0.29, 0.717) is 10.0 Å². The highest BCUT2D eigenvalue weighted by Gasteiger charge is 2.11. The van der Waals surface area contributed by atoms with E-state index >= 15 is 0 Å². The number of rotatable bonds is 2. The van der Waals surface area contributed by atoms with E-state index in [9.17, 15) is 4.39 Å². The van der Waals surface area contributed by atoms with Crippen molar-refractivity contribution in [1.82, 2.24) is 0 Å². The highest BCUT2D eigenvalue weighted by molar-refractivity contribution is 9.10. The van der Waals surface area contributed by atoms with E-state index in [1.165, 1.54) is 12.1 Å². The highest BCUT2D eigenvalue weighted by Crippen LogP contribution is 2.15. The summed E-state index contributed by atoms with van der Waals surface area (Å²) < 4.78 is 13.6. The largest absolute Gasteiger partial charge is 0.456 e. The molecule has 2 N–H and O–H groups in total. The van der Waals surface area contributed by atoms with Crippen LogP contribution in [0.5, 0.6) is 0 Å². The lowest BCUT2D eigenvalue weighted by molar-refractivity contribution is 0.403. The standard InChI is InChI=1S/C7H7BBrFO2/c9-6-2-1-5(4-8(11)12)7(10)3-6/h1-3,11-12H,4H2. The summed E-state index contributed by atoms with van der Waals surface area (Å²) in [5.74, 6) is -0.433. The molecule has 0 aromatic heterocycles. The van der Waals surface area contributed by atoms with E-state index in [1.807, 2.05) is 0 Å². The van der Waals surface area contributed by atoms with E-state index < -0.39 is 12.9 Å². The second kappa shape index (κ2) is 4.02. The predicted octanol–water partition coefficient (Wildman–Crippen LogP) is 1.14. The molecule has 0 saturated heterocycles. The molecule has 0 unspecified atom stereocenters. The molecular formula is C7H7BBrFO2. The summed E-state index contributed by atoms with van der Waals surface area (Å²) in [4.78, 5) is 0. The van der Waals surface area contributed by atoms with Gasteiger partial charge in [0.2, 0.25) is 0 Å². The van der Waals surface area contributed by atoms with Crippen LogP contribution in [0.15, 0.2) is 22.7 Å². The van der Waals surface area contributed by atoms with Crippen LogP contribution in [0.1, 0.15) is 5.56 Å². The van der Waals surface area contributed by atoms with Crippen molar-refractivity contribution < 1.29 is 14.4 Å². The molecular weight excluding hydrogens is 226 g/mol. The number of halogens is 2. The van der Waals surface area contributed by atoms with E-state index in [2.05, 4.69) is 15.9 Å². The van der Waals surface area contributed by atoms with Crippen molar-refractivity contribution in [3.63, 3.8) is 0 Å². The fourth-order valence-corrected chi connectivity index (χ4v) is 1.22. The number of hydrogen-bond donors (Lipinski definition) is 2. The maximum atomic E-state index is 13.0. The van der Waals surface area contributed by atoms with Crippen molar-refractivity contribution in [3.05, 3.63) is 34.1 Å². The van der Waals surface area contributed by atoms with Crippen molar-refractivity contribution >= 4 is 23.0 Å². The van der Waals surface area contributed by atoms with Crippen molar-refractivity contribution in [1.29, 1.82) is 0 Å². The Hall–Kier alpha value is -0.385. The molecule has 0 atom stereocenters. The monoisotopic (exact) mass is 232 g/mol. The molecule has 1 aromatic rings. The van der Waals surface area contributed by atoms with Crippen LogP contribution in [0.25, 0.3) is 0 Å². The first kappa shape index (κ1) is 9.70. The zero-order valence-electron chi connectivity index (χ0n) is 6.17. The van der Waals surface area contributed by atoms with Gasteiger partial charge in [0.15, 0.2) is 0 Å². The van der Waals surface area contributed by atoms with Crippen LogP contribution in [-0.4, -0.2) is 17.2 Å². The number of hydrogen-bond acceptors (Lipinski definition) is 2. The van der Waals surface area contributed by atoms with Crippen molar-refractivity contribution in [2.45, 2.75) is 6.32 Å². The molecule has 1 rings (SSSR count). The predicted molar refractivity (Wildman–Crippen MR) is 48.0 cm³/mol. The fraction of sp³-hybridized carbons (Fsp3) is 0.143. The van der Waals surface area contributed by atoms with Gasteiger partial charge in [-0.3, -0.25) is 0 Å². The third-order valence-electron chi connectivity index (χ3n) is 1.42. The van der Waals surface area contributed by atoms with Gasteiger partial charge in [-0.1, -0.05) is 22.0 Å². The van der Waals surface area contributed by atoms with Crippen LogP contribution in [0.2, 0.25) is 0 Å². The zero-order chi connectivity index (χ0) is 9.14. The average Bonchev–Trinajstić information content (AvgIpc) is 1.94. The van der Waals surface area contributed by atoms with E-state index in [1.54, 1.807) is 6.07 Å². The molecule has 12 heavy (non-hydrogen) atoms. The lowest BCUT2D eigenvalue weighted by Crippen LogP contribution is -2.16. The molecule has 0 aliphatic carbocycles. The average molecular weight is 233 g/mol. The molecule has 0 aliphatic heterocycles. The molecule has 0 radical (unpaired) electrons. The van der Waals surface area contributed by atoms with Gasteiger partial charge in [-0.25, -0.2) is 4.39 Å². The van der Waals surface area contributed by atoms with Crippen LogP contribution in [0.4, 0.5) is 4.39 Å². The lowest BCUT2D eigenvalue weighted by Gasteiger charge is -2.01. The van der Waals surface area contributed by atoms with E-state index in [0.717, 1.165) is 0 Å². The Morgan fingerprint density at radius 1 is 1.42 bits per heavy atom. The minimum Gasteiger partial charge on any atom is -0.427 e. The van der Waals surface area contributed by atoms with Gasteiger partial charge in [-0.15, -0.1) is 0 Å². The van der Waals surface area contributed by atoms with Gasteiger partial charge in [0.05, 0.1) is 0 Å². The lowest BCUT2D eigenvalue weighted by atomic mass is 9.82. The zero-order valence-corrected chi connectivity index (χ0v) is 7.75. The Bertz CT molecular complexity index is 280. The summed E-state index contributed by atoms with van der Waals surface area (Å²) in [6, 6.07) is 4.46. The summed E-state index contributed by atoms with van der Waals surface area (Å²) in [5, 5.41) is 17.2. The third-order valence-corrected chi connectivity index (χ3v) is 1.91. The molecule has 5 heteroatoms. The van der Waals surface area contributed by atoms with E-state index in [4.69, 9.17) is 10.0 Å². The Morgan fingerprint density at radius 2 is 2.08 bits per heavy atom. The van der Waals surface area contributed by atoms with Gasteiger partial charge in [-0.05, 0) is 17.7 Å². The molecule has 0 amide bonds. The first-order valence-corrected chi connectivity index (χ1v) is 4.19. The first-order valence-electron chi connectivity index (χ1n) is 3.39. The molecule has 2 nitrogen and oxygen atoms in total. The van der Waals surface area contributed by atoms with E-state index in [-0.39, 0.29) is 6.32 Å². The Labute approximate surface area is 78.3 Å². The second-order valence-corrected chi connectivity index (χ2v) is 3.34. The smallest absolute Gasteiger partial charge is 0.427 e. The molecule has 0 heterocycles. The van der Waals surface area contributed by atoms with Gasteiger partial charge < -0.3 is 10.0 Å². The van der Waals surface area contributed by atoms with Crippen molar-refractivity contribution in [3.8, 4) is 0 Å². The quantitative estimate of drug-likeness (QED) is 0.752. The first-order chi connectivity index (χ1) is 5.59. The van der Waals surface area contributed by atoms with Gasteiger partial charge in [0.1, 0.15) is 5.82 Å². The Morgan fingerprint density at radius 3 is 2.58 bits per heavy atom. The van der Waals surface area contributed by atoms with Crippen LogP contribution in [-0.2, 0) is 6.32 Å². The summed E-state index contributed by atoms with van der Waals surface area (Å²) in [6.07, 6.45) is -0.0842. The number of benzene rings is 1. The summed E-state index contributed by atoms with van der Waals surface area (Å²) in [7, 11) is -1.50. The highest BCUT2D eigenvalue weighted by atomic mass is 79.9. The van der Waals surface area contributed by atoms with Crippen LogP contribution >= 0.6 is 15.9 Å². The minimum atomic E-state index is -1.50. The van der Waals surface area contributed by atoms with Gasteiger partial charge in [0.25, 0.3) is 0 Å². The molecule has 0 bridgehead atoms. The summed E-state index contributed by atoms with van der Waals surface area (Å²) >= 11 is 3.10. The fourth-order valence-electron chi connectivity index (χ4n) is 0.884. The molecule has 64 valence electrons. The topological polar surface area (TPSA) is 40.5 Å². The van der Waals surface area contributed by atoms with Crippen molar-refractivity contribution in [2.75, 3.05) is 0 Å². The van der Waals surface area contributed by atoms with Crippen LogP contribution in [0.3, 0.4) is 0 Å². The van der Waals surface area contributed by atoms with Gasteiger partial charge in [-0.2, -0.15) is 0 Å². The maximum absolute atomic E-state index is 13.0.